The van der Waals surface area contributed by atoms with E-state index in [4.69, 9.17) is 4.74 Å². The molecule has 0 aromatic carbocycles. The predicted molar refractivity (Wildman–Crippen MR) is 72.9 cm³/mol. The van der Waals surface area contributed by atoms with Crippen LogP contribution in [-0.2, 0) is 11.2 Å². The minimum Gasteiger partial charge on any atom is -0.391 e. The third kappa shape index (κ3) is 3.14. The average Bonchev–Trinajstić information content (AvgIpc) is 3.05. The summed E-state index contributed by atoms with van der Waals surface area (Å²) in [6, 6.07) is 4.30. The second-order valence-corrected chi connectivity index (χ2v) is 5.71. The minimum atomic E-state index is -0.206. The molecule has 2 aliphatic heterocycles. The van der Waals surface area contributed by atoms with Crippen LogP contribution in [0.2, 0.25) is 0 Å². The average molecular weight is 262 g/mol. The highest BCUT2D eigenvalue weighted by atomic mass is 16.5. The molecule has 2 fully saturated rings. The second-order valence-electron chi connectivity index (χ2n) is 5.71. The van der Waals surface area contributed by atoms with Crippen LogP contribution < -0.4 is 0 Å². The molecule has 3 rings (SSSR count). The van der Waals surface area contributed by atoms with Crippen molar-refractivity contribution < 1.29 is 9.84 Å². The molecule has 4 nitrogen and oxygen atoms in total. The van der Waals surface area contributed by atoms with Gasteiger partial charge in [0, 0.05) is 38.1 Å². The van der Waals surface area contributed by atoms with Gasteiger partial charge in [-0.2, -0.15) is 0 Å². The third-order valence-electron chi connectivity index (χ3n) is 4.31. The molecule has 0 bridgehead atoms. The first-order valence-electron chi connectivity index (χ1n) is 7.21. The highest BCUT2D eigenvalue weighted by Gasteiger charge is 2.34. The number of likely N-dealkylation sites (tertiary alicyclic amines) is 1. The lowest BCUT2D eigenvalue weighted by Gasteiger charge is -2.28. The van der Waals surface area contributed by atoms with Gasteiger partial charge in [0.2, 0.25) is 0 Å². The van der Waals surface area contributed by atoms with E-state index in [-0.39, 0.29) is 12.1 Å². The summed E-state index contributed by atoms with van der Waals surface area (Å²) >= 11 is 0. The summed E-state index contributed by atoms with van der Waals surface area (Å²) in [5, 5.41) is 10.2. The molecule has 0 spiro atoms. The van der Waals surface area contributed by atoms with Gasteiger partial charge in [0.25, 0.3) is 0 Å². The molecule has 3 atom stereocenters. The van der Waals surface area contributed by atoms with Crippen molar-refractivity contribution in [3.05, 3.63) is 30.1 Å². The van der Waals surface area contributed by atoms with Gasteiger partial charge in [0.15, 0.2) is 0 Å². The molecule has 1 unspecified atom stereocenters. The van der Waals surface area contributed by atoms with Crippen LogP contribution in [0.1, 0.15) is 18.4 Å². The van der Waals surface area contributed by atoms with Crippen molar-refractivity contribution in [1.82, 2.24) is 9.88 Å². The van der Waals surface area contributed by atoms with E-state index < -0.39 is 0 Å². The summed E-state index contributed by atoms with van der Waals surface area (Å²) in [7, 11) is 0. The molecule has 2 saturated heterocycles. The summed E-state index contributed by atoms with van der Waals surface area (Å²) in [4.78, 5) is 6.60. The zero-order chi connectivity index (χ0) is 13.1. The lowest BCUT2D eigenvalue weighted by Crippen LogP contribution is -2.40. The maximum absolute atomic E-state index is 10.2. The fraction of sp³-hybridized carbons (Fsp3) is 0.667. The summed E-state index contributed by atoms with van der Waals surface area (Å²) in [5.74, 6) is 0.640. The Kier molecular flexibility index (Phi) is 4.11. The maximum Gasteiger partial charge on any atom is 0.0710 e. The van der Waals surface area contributed by atoms with Crippen LogP contribution in [0.5, 0.6) is 0 Å². The number of ether oxygens (including phenoxy) is 1. The highest BCUT2D eigenvalue weighted by molar-refractivity contribution is 5.11. The second kappa shape index (κ2) is 5.99. The molecule has 1 aromatic heterocycles. The Bertz CT molecular complexity index is 392. The van der Waals surface area contributed by atoms with Gasteiger partial charge in [-0.05, 0) is 36.8 Å². The van der Waals surface area contributed by atoms with Crippen LogP contribution in [-0.4, -0.2) is 53.4 Å². The van der Waals surface area contributed by atoms with E-state index in [9.17, 15) is 5.11 Å². The predicted octanol–water partition coefficient (Wildman–Crippen LogP) is 1.10. The van der Waals surface area contributed by atoms with E-state index in [1.54, 1.807) is 6.20 Å². The molecule has 19 heavy (non-hydrogen) atoms. The largest absolute Gasteiger partial charge is 0.391 e. The lowest BCUT2D eigenvalue weighted by atomic mass is 10.0. The van der Waals surface area contributed by atoms with Gasteiger partial charge in [0.1, 0.15) is 0 Å². The number of aromatic nitrogens is 1. The van der Waals surface area contributed by atoms with E-state index in [2.05, 4.69) is 16.0 Å². The molecule has 0 saturated carbocycles. The topological polar surface area (TPSA) is 45.6 Å². The Labute approximate surface area is 114 Å². The quantitative estimate of drug-likeness (QED) is 0.882. The zero-order valence-electron chi connectivity index (χ0n) is 11.2. The van der Waals surface area contributed by atoms with Crippen molar-refractivity contribution in [1.29, 1.82) is 0 Å². The molecular formula is C15H22N2O2. The first kappa shape index (κ1) is 13.0. The SMILES string of the molecule is O[C@@H]1CCN(CC2CCOC2)[C@@H]1Cc1cccnc1. The molecule has 0 amide bonds. The molecule has 1 N–H and O–H groups in total. The molecule has 104 valence electrons. The van der Waals surface area contributed by atoms with Gasteiger partial charge < -0.3 is 9.84 Å². The standard InChI is InChI=1S/C15H22N2O2/c18-15-3-6-17(10-13-4-7-19-11-13)14(15)8-12-2-1-5-16-9-12/h1-2,5,9,13-15,18H,3-4,6-8,10-11H2/t13?,14-,15-/m1/s1. The third-order valence-corrected chi connectivity index (χ3v) is 4.31. The first-order valence-corrected chi connectivity index (χ1v) is 7.21. The highest BCUT2D eigenvalue weighted by Crippen LogP contribution is 2.24. The van der Waals surface area contributed by atoms with Crippen LogP contribution in [0, 0.1) is 5.92 Å². The molecule has 2 aliphatic rings. The van der Waals surface area contributed by atoms with Crippen LogP contribution in [0.4, 0.5) is 0 Å². The minimum absolute atomic E-state index is 0.206. The van der Waals surface area contributed by atoms with Gasteiger partial charge in [-0.15, -0.1) is 0 Å². The Hall–Kier alpha value is -0.970. The van der Waals surface area contributed by atoms with E-state index in [0.29, 0.717) is 5.92 Å². The van der Waals surface area contributed by atoms with Gasteiger partial charge >= 0.3 is 0 Å². The Morgan fingerprint density at radius 1 is 1.42 bits per heavy atom. The number of rotatable bonds is 4. The van der Waals surface area contributed by atoms with E-state index in [1.165, 1.54) is 5.56 Å². The molecule has 1 aromatic rings. The number of hydrogen-bond donors (Lipinski definition) is 1. The maximum atomic E-state index is 10.2. The number of aliphatic hydroxyl groups is 1. The summed E-state index contributed by atoms with van der Waals surface area (Å²) in [5.41, 5.74) is 1.21. The fourth-order valence-electron chi connectivity index (χ4n) is 3.21. The van der Waals surface area contributed by atoms with E-state index >= 15 is 0 Å². The molecular weight excluding hydrogens is 240 g/mol. The Morgan fingerprint density at radius 3 is 3.11 bits per heavy atom. The van der Waals surface area contributed by atoms with Gasteiger partial charge in [-0.3, -0.25) is 9.88 Å². The van der Waals surface area contributed by atoms with E-state index in [0.717, 1.165) is 45.6 Å². The number of hydrogen-bond acceptors (Lipinski definition) is 4. The van der Waals surface area contributed by atoms with Crippen molar-refractivity contribution in [2.45, 2.75) is 31.4 Å². The first-order chi connectivity index (χ1) is 9.33. The van der Waals surface area contributed by atoms with Crippen molar-refractivity contribution in [2.24, 2.45) is 5.92 Å². The van der Waals surface area contributed by atoms with Crippen molar-refractivity contribution in [3.63, 3.8) is 0 Å². The Balaban J connectivity index is 1.63. The number of aliphatic hydroxyl groups excluding tert-OH is 1. The van der Waals surface area contributed by atoms with Gasteiger partial charge in [0.05, 0.1) is 12.7 Å². The number of pyridine rings is 1. The smallest absolute Gasteiger partial charge is 0.0710 e. The van der Waals surface area contributed by atoms with Crippen LogP contribution in [0.15, 0.2) is 24.5 Å². The molecule has 0 radical (unpaired) electrons. The van der Waals surface area contributed by atoms with Crippen LogP contribution >= 0.6 is 0 Å². The van der Waals surface area contributed by atoms with Crippen LogP contribution in [0.25, 0.3) is 0 Å². The molecule has 4 heteroatoms. The fourth-order valence-corrected chi connectivity index (χ4v) is 3.21. The zero-order valence-corrected chi connectivity index (χ0v) is 11.2. The summed E-state index contributed by atoms with van der Waals surface area (Å²) in [6.45, 7) is 3.84. The normalized spacial score (nSPS) is 31.9. The Morgan fingerprint density at radius 2 is 2.37 bits per heavy atom. The summed E-state index contributed by atoms with van der Waals surface area (Å²) in [6.07, 6.45) is 6.43. The van der Waals surface area contributed by atoms with Crippen LogP contribution in [0.3, 0.4) is 0 Å². The lowest BCUT2D eigenvalue weighted by molar-refractivity contribution is 0.103. The summed E-state index contributed by atoms with van der Waals surface area (Å²) < 4.78 is 5.45. The van der Waals surface area contributed by atoms with Gasteiger partial charge in [-0.1, -0.05) is 6.07 Å². The molecule has 3 heterocycles. The van der Waals surface area contributed by atoms with E-state index in [1.807, 2.05) is 12.3 Å². The number of nitrogens with zero attached hydrogens (tertiary/aromatic N) is 2. The monoisotopic (exact) mass is 262 g/mol. The van der Waals surface area contributed by atoms with Crippen molar-refractivity contribution in [3.8, 4) is 0 Å². The van der Waals surface area contributed by atoms with Gasteiger partial charge in [-0.25, -0.2) is 0 Å². The molecule has 0 aliphatic carbocycles. The van der Waals surface area contributed by atoms with Crippen molar-refractivity contribution in [2.75, 3.05) is 26.3 Å². The van der Waals surface area contributed by atoms with Crippen molar-refractivity contribution >= 4 is 0 Å².